The van der Waals surface area contributed by atoms with Crippen molar-refractivity contribution >= 4 is 11.0 Å². The summed E-state index contributed by atoms with van der Waals surface area (Å²) in [7, 11) is 0. The number of rotatable bonds is 3. The molecule has 1 aliphatic rings. The number of aliphatic hydroxyl groups excluding tert-OH is 3. The number of nitrogens with zero attached hydrogens (tertiary/aromatic N) is 3. The van der Waals surface area contributed by atoms with Crippen LogP contribution in [0.5, 0.6) is 0 Å². The number of ether oxygens (including phenoxy) is 1. The van der Waals surface area contributed by atoms with Crippen molar-refractivity contribution in [1.29, 1.82) is 0 Å². The second-order valence-electron chi connectivity index (χ2n) is 5.92. The van der Waals surface area contributed by atoms with E-state index in [1.807, 2.05) is 0 Å². The molecular formula is C17H16FN3O4. The van der Waals surface area contributed by atoms with E-state index >= 15 is 0 Å². The van der Waals surface area contributed by atoms with Crippen LogP contribution in [0.4, 0.5) is 4.39 Å². The maximum atomic E-state index is 13.1. The molecule has 3 aromatic rings. The molecule has 0 amide bonds. The van der Waals surface area contributed by atoms with Crippen LogP contribution in [0, 0.1) is 5.82 Å². The first-order chi connectivity index (χ1) is 12.1. The number of benzene rings is 1. The number of fused-ring (bicyclic) bond motifs is 1. The summed E-state index contributed by atoms with van der Waals surface area (Å²) in [6, 6.07) is 7.73. The van der Waals surface area contributed by atoms with Gasteiger partial charge in [0.15, 0.2) is 6.23 Å². The first-order valence-electron chi connectivity index (χ1n) is 7.80. The van der Waals surface area contributed by atoms with E-state index < -0.39 is 31.1 Å². The highest BCUT2D eigenvalue weighted by molar-refractivity contribution is 5.90. The highest BCUT2D eigenvalue weighted by Gasteiger charge is 2.43. The first-order valence-corrected chi connectivity index (χ1v) is 7.80. The summed E-state index contributed by atoms with van der Waals surface area (Å²) in [4.78, 5) is 8.51. The second-order valence-corrected chi connectivity index (χ2v) is 5.92. The van der Waals surface area contributed by atoms with E-state index in [2.05, 4.69) is 9.97 Å². The summed E-state index contributed by atoms with van der Waals surface area (Å²) in [5.74, 6) is -0.335. The van der Waals surface area contributed by atoms with Gasteiger partial charge < -0.3 is 24.6 Å². The van der Waals surface area contributed by atoms with E-state index in [1.165, 1.54) is 18.5 Å². The Kier molecular flexibility index (Phi) is 3.97. The van der Waals surface area contributed by atoms with E-state index in [4.69, 9.17) is 4.74 Å². The van der Waals surface area contributed by atoms with Gasteiger partial charge in [-0.15, -0.1) is 0 Å². The van der Waals surface area contributed by atoms with E-state index in [0.717, 1.165) is 5.56 Å². The summed E-state index contributed by atoms with van der Waals surface area (Å²) >= 11 is 0. The quantitative estimate of drug-likeness (QED) is 0.651. The third-order valence-electron chi connectivity index (χ3n) is 4.42. The number of hydrogen-bond donors (Lipinski definition) is 3. The van der Waals surface area contributed by atoms with Crippen molar-refractivity contribution in [3.63, 3.8) is 0 Å². The molecule has 1 saturated heterocycles. The van der Waals surface area contributed by atoms with Gasteiger partial charge in [-0.3, -0.25) is 0 Å². The Morgan fingerprint density at radius 2 is 1.84 bits per heavy atom. The fourth-order valence-corrected chi connectivity index (χ4v) is 3.12. The van der Waals surface area contributed by atoms with Gasteiger partial charge >= 0.3 is 0 Å². The Morgan fingerprint density at radius 1 is 1.08 bits per heavy atom. The van der Waals surface area contributed by atoms with Crippen molar-refractivity contribution in [2.24, 2.45) is 0 Å². The smallest absolute Gasteiger partial charge is 0.164 e. The molecular weight excluding hydrogens is 329 g/mol. The zero-order valence-electron chi connectivity index (χ0n) is 13.0. The standard InChI is InChI=1S/C17H16FN3O4/c18-10-3-1-9(2-4-10)13-11-5-6-21(16(11)20-8-19-13)17-15(24)14(23)12(7-22)25-17/h1-6,8,12,14-15,17,22-24H,7H2/t12?,14-,15-,17+/m0/s1. The molecule has 25 heavy (non-hydrogen) atoms. The Hall–Kier alpha value is -2.39. The molecule has 3 heterocycles. The van der Waals surface area contributed by atoms with Crippen LogP contribution in [-0.4, -0.2) is 54.8 Å². The molecule has 0 aliphatic carbocycles. The zero-order chi connectivity index (χ0) is 17.6. The van der Waals surface area contributed by atoms with Gasteiger partial charge in [0.2, 0.25) is 0 Å². The van der Waals surface area contributed by atoms with E-state index in [-0.39, 0.29) is 5.82 Å². The van der Waals surface area contributed by atoms with Gasteiger partial charge in [0, 0.05) is 17.1 Å². The van der Waals surface area contributed by atoms with Gasteiger partial charge in [-0.1, -0.05) is 0 Å². The number of halogens is 1. The molecule has 8 heteroatoms. The molecule has 0 spiro atoms. The Bertz CT molecular complexity index is 899. The molecule has 4 rings (SSSR count). The average Bonchev–Trinajstić information content (AvgIpc) is 3.17. The van der Waals surface area contributed by atoms with Crippen LogP contribution in [0.25, 0.3) is 22.3 Å². The van der Waals surface area contributed by atoms with E-state index in [1.54, 1.807) is 29.0 Å². The third-order valence-corrected chi connectivity index (χ3v) is 4.42. The maximum Gasteiger partial charge on any atom is 0.164 e. The molecule has 0 radical (unpaired) electrons. The van der Waals surface area contributed by atoms with Crippen LogP contribution in [0.2, 0.25) is 0 Å². The second kappa shape index (κ2) is 6.16. The lowest BCUT2D eigenvalue weighted by molar-refractivity contribution is -0.0508. The van der Waals surface area contributed by atoms with Gasteiger partial charge in [0.25, 0.3) is 0 Å². The van der Waals surface area contributed by atoms with Crippen LogP contribution in [0.3, 0.4) is 0 Å². The Morgan fingerprint density at radius 3 is 2.52 bits per heavy atom. The zero-order valence-corrected chi connectivity index (χ0v) is 13.0. The van der Waals surface area contributed by atoms with Crippen LogP contribution >= 0.6 is 0 Å². The van der Waals surface area contributed by atoms with E-state index in [9.17, 15) is 19.7 Å². The maximum absolute atomic E-state index is 13.1. The lowest BCUT2D eigenvalue weighted by Crippen LogP contribution is -2.33. The molecule has 3 N–H and O–H groups in total. The number of aliphatic hydroxyl groups is 3. The first kappa shape index (κ1) is 16.1. The highest BCUT2D eigenvalue weighted by atomic mass is 19.1. The van der Waals surface area contributed by atoms with Gasteiger partial charge in [-0.25, -0.2) is 14.4 Å². The van der Waals surface area contributed by atoms with Crippen molar-refractivity contribution in [2.75, 3.05) is 6.61 Å². The normalized spacial score (nSPS) is 26.4. The van der Waals surface area contributed by atoms with Crippen LogP contribution in [-0.2, 0) is 4.74 Å². The molecule has 2 aromatic heterocycles. The van der Waals surface area contributed by atoms with Gasteiger partial charge in [0.05, 0.1) is 12.3 Å². The Labute approximate surface area is 142 Å². The van der Waals surface area contributed by atoms with Crippen molar-refractivity contribution in [3.05, 3.63) is 48.7 Å². The third kappa shape index (κ3) is 2.59. The van der Waals surface area contributed by atoms with E-state index in [0.29, 0.717) is 16.7 Å². The van der Waals surface area contributed by atoms with Crippen LogP contribution < -0.4 is 0 Å². The summed E-state index contributed by atoms with van der Waals surface area (Å²) < 4.78 is 20.3. The summed E-state index contributed by atoms with van der Waals surface area (Å²) in [5, 5.41) is 30.1. The van der Waals surface area contributed by atoms with Crippen molar-refractivity contribution in [3.8, 4) is 11.3 Å². The minimum absolute atomic E-state index is 0.335. The van der Waals surface area contributed by atoms with Crippen molar-refractivity contribution in [2.45, 2.75) is 24.5 Å². The molecule has 1 aliphatic heterocycles. The Balaban J connectivity index is 1.78. The molecule has 1 unspecified atom stereocenters. The van der Waals surface area contributed by atoms with Gasteiger partial charge in [-0.2, -0.15) is 0 Å². The fraction of sp³-hybridized carbons (Fsp3) is 0.294. The predicted octanol–water partition coefficient (Wildman–Crippen LogP) is 0.849. The minimum Gasteiger partial charge on any atom is -0.394 e. The molecule has 1 fully saturated rings. The topological polar surface area (TPSA) is 101 Å². The van der Waals surface area contributed by atoms with Gasteiger partial charge in [0.1, 0.15) is 36.1 Å². The van der Waals surface area contributed by atoms with Crippen molar-refractivity contribution in [1.82, 2.24) is 14.5 Å². The monoisotopic (exact) mass is 345 g/mol. The van der Waals surface area contributed by atoms with Crippen LogP contribution in [0.15, 0.2) is 42.9 Å². The molecule has 4 atom stereocenters. The fourth-order valence-electron chi connectivity index (χ4n) is 3.12. The summed E-state index contributed by atoms with van der Waals surface area (Å²) in [6.45, 7) is -0.399. The lowest BCUT2D eigenvalue weighted by atomic mass is 10.1. The molecule has 0 bridgehead atoms. The molecule has 7 nitrogen and oxygen atoms in total. The number of aromatic nitrogens is 3. The number of hydrogen-bond acceptors (Lipinski definition) is 6. The largest absolute Gasteiger partial charge is 0.394 e. The van der Waals surface area contributed by atoms with Crippen LogP contribution in [0.1, 0.15) is 6.23 Å². The molecule has 1 aromatic carbocycles. The summed E-state index contributed by atoms with van der Waals surface area (Å²) in [5.41, 5.74) is 1.85. The molecule has 0 saturated carbocycles. The minimum atomic E-state index is -1.20. The molecule has 130 valence electrons. The van der Waals surface area contributed by atoms with Crippen molar-refractivity contribution < 1.29 is 24.4 Å². The highest BCUT2D eigenvalue weighted by Crippen LogP contribution is 2.34. The predicted molar refractivity (Wildman–Crippen MR) is 85.9 cm³/mol. The SMILES string of the molecule is OCC1O[C@@H](n2ccc3c(-c4ccc(F)cc4)ncnc32)[C@@H](O)[C@H]1O. The van der Waals surface area contributed by atoms with Gasteiger partial charge in [-0.05, 0) is 30.3 Å². The lowest BCUT2D eigenvalue weighted by Gasteiger charge is -2.17. The summed E-state index contributed by atoms with van der Waals surface area (Å²) in [6.07, 6.45) is -1.08. The average molecular weight is 345 g/mol.